The van der Waals surface area contributed by atoms with Crippen LogP contribution in [0, 0.1) is 5.82 Å². The van der Waals surface area contributed by atoms with Crippen LogP contribution in [0.15, 0.2) is 42.6 Å². The summed E-state index contributed by atoms with van der Waals surface area (Å²) in [6.07, 6.45) is 1.63. The van der Waals surface area contributed by atoms with E-state index in [4.69, 9.17) is 9.84 Å². The summed E-state index contributed by atoms with van der Waals surface area (Å²) in [6.45, 7) is 0.709. The van der Waals surface area contributed by atoms with E-state index in [9.17, 15) is 4.39 Å². The third-order valence-corrected chi connectivity index (χ3v) is 2.46. The number of hydrogen-bond donors (Lipinski definition) is 2. The SMILES string of the molecule is OCCOc1ccc(NCc2cccc(F)c2)cn1. The van der Waals surface area contributed by atoms with Crippen molar-refractivity contribution < 1.29 is 14.2 Å². The van der Waals surface area contributed by atoms with Crippen molar-refractivity contribution >= 4 is 5.69 Å². The Morgan fingerprint density at radius 3 is 2.84 bits per heavy atom. The Labute approximate surface area is 110 Å². The third kappa shape index (κ3) is 4.22. The zero-order valence-electron chi connectivity index (χ0n) is 10.3. The molecule has 0 unspecified atom stereocenters. The largest absolute Gasteiger partial charge is 0.475 e. The van der Waals surface area contributed by atoms with Crippen LogP contribution in [0.5, 0.6) is 5.88 Å². The molecule has 0 spiro atoms. The number of aliphatic hydroxyl groups excluding tert-OH is 1. The summed E-state index contributed by atoms with van der Waals surface area (Å²) in [4.78, 5) is 4.08. The van der Waals surface area contributed by atoms with E-state index in [1.54, 1.807) is 18.3 Å². The molecule has 1 aromatic heterocycles. The van der Waals surface area contributed by atoms with Crippen LogP contribution >= 0.6 is 0 Å². The first-order valence-electron chi connectivity index (χ1n) is 5.96. The highest BCUT2D eigenvalue weighted by molar-refractivity contribution is 5.42. The molecule has 0 aliphatic heterocycles. The van der Waals surface area contributed by atoms with Crippen molar-refractivity contribution in [3.63, 3.8) is 0 Å². The van der Waals surface area contributed by atoms with E-state index in [0.717, 1.165) is 11.3 Å². The molecule has 0 amide bonds. The fourth-order valence-electron chi connectivity index (χ4n) is 1.57. The van der Waals surface area contributed by atoms with Crippen LogP contribution in [0.3, 0.4) is 0 Å². The highest BCUT2D eigenvalue weighted by atomic mass is 19.1. The number of aliphatic hydroxyl groups is 1. The number of hydrogen-bond acceptors (Lipinski definition) is 4. The molecule has 4 nitrogen and oxygen atoms in total. The molecular formula is C14H15FN2O2. The second-order valence-corrected chi connectivity index (χ2v) is 3.94. The summed E-state index contributed by atoms with van der Waals surface area (Å²) in [5, 5.41) is 11.8. The first kappa shape index (κ1) is 13.3. The molecule has 2 rings (SSSR count). The second-order valence-electron chi connectivity index (χ2n) is 3.94. The lowest BCUT2D eigenvalue weighted by Gasteiger charge is -2.07. The zero-order chi connectivity index (χ0) is 13.5. The predicted octanol–water partition coefficient (Wildman–Crippen LogP) is 2.20. The number of rotatable bonds is 6. The van der Waals surface area contributed by atoms with Crippen LogP contribution in [0.2, 0.25) is 0 Å². The monoisotopic (exact) mass is 262 g/mol. The molecule has 0 atom stereocenters. The van der Waals surface area contributed by atoms with Gasteiger partial charge in [-0.15, -0.1) is 0 Å². The topological polar surface area (TPSA) is 54.4 Å². The highest BCUT2D eigenvalue weighted by Crippen LogP contribution is 2.13. The number of benzene rings is 1. The Kier molecular flexibility index (Phi) is 4.69. The average molecular weight is 262 g/mol. The number of anilines is 1. The first-order valence-corrected chi connectivity index (χ1v) is 5.96. The van der Waals surface area contributed by atoms with E-state index in [1.807, 2.05) is 12.1 Å². The fraction of sp³-hybridized carbons (Fsp3) is 0.214. The number of pyridine rings is 1. The van der Waals surface area contributed by atoms with E-state index in [-0.39, 0.29) is 19.0 Å². The molecule has 19 heavy (non-hydrogen) atoms. The minimum Gasteiger partial charge on any atom is -0.475 e. The Morgan fingerprint density at radius 1 is 1.26 bits per heavy atom. The third-order valence-electron chi connectivity index (χ3n) is 2.46. The van der Waals surface area contributed by atoms with Crippen LogP contribution < -0.4 is 10.1 Å². The number of ether oxygens (including phenoxy) is 1. The van der Waals surface area contributed by atoms with Gasteiger partial charge in [0.15, 0.2) is 0 Å². The molecule has 0 bridgehead atoms. The van der Waals surface area contributed by atoms with Gasteiger partial charge in [0.1, 0.15) is 12.4 Å². The molecule has 5 heteroatoms. The molecule has 1 aromatic carbocycles. The Bertz CT molecular complexity index is 517. The highest BCUT2D eigenvalue weighted by Gasteiger charge is 1.98. The summed E-state index contributed by atoms with van der Waals surface area (Å²) in [7, 11) is 0. The lowest BCUT2D eigenvalue weighted by molar-refractivity contribution is 0.196. The van der Waals surface area contributed by atoms with E-state index in [2.05, 4.69) is 10.3 Å². The van der Waals surface area contributed by atoms with Gasteiger partial charge >= 0.3 is 0 Å². The fourth-order valence-corrected chi connectivity index (χ4v) is 1.57. The molecule has 2 N–H and O–H groups in total. The standard InChI is InChI=1S/C14H15FN2O2/c15-12-3-1-2-11(8-12)9-16-13-4-5-14(17-10-13)19-7-6-18/h1-5,8,10,16,18H,6-7,9H2. The summed E-state index contributed by atoms with van der Waals surface area (Å²) in [5.74, 6) is 0.218. The van der Waals surface area contributed by atoms with Gasteiger partial charge in [-0.25, -0.2) is 9.37 Å². The van der Waals surface area contributed by atoms with Gasteiger partial charge in [0, 0.05) is 12.6 Å². The van der Waals surface area contributed by atoms with Crippen molar-refractivity contribution in [1.29, 1.82) is 0 Å². The van der Waals surface area contributed by atoms with Crippen LogP contribution in [-0.2, 0) is 6.54 Å². The van der Waals surface area contributed by atoms with E-state index in [1.165, 1.54) is 12.1 Å². The molecule has 0 aliphatic carbocycles. The lowest BCUT2D eigenvalue weighted by Crippen LogP contribution is -2.04. The maximum absolute atomic E-state index is 13.0. The number of nitrogens with one attached hydrogen (secondary N) is 1. The van der Waals surface area contributed by atoms with Crippen molar-refractivity contribution in [1.82, 2.24) is 4.98 Å². The summed E-state index contributed by atoms with van der Waals surface area (Å²) in [5.41, 5.74) is 1.68. The zero-order valence-corrected chi connectivity index (χ0v) is 10.3. The van der Waals surface area contributed by atoms with Crippen molar-refractivity contribution in [2.75, 3.05) is 18.5 Å². The van der Waals surface area contributed by atoms with Gasteiger partial charge < -0.3 is 15.2 Å². The van der Waals surface area contributed by atoms with E-state index < -0.39 is 0 Å². The van der Waals surface area contributed by atoms with Gasteiger partial charge in [-0.3, -0.25) is 0 Å². The van der Waals surface area contributed by atoms with Crippen LogP contribution in [0.25, 0.3) is 0 Å². The Hall–Kier alpha value is -2.14. The minimum atomic E-state index is -0.245. The van der Waals surface area contributed by atoms with Crippen molar-refractivity contribution in [3.8, 4) is 5.88 Å². The van der Waals surface area contributed by atoms with Crippen molar-refractivity contribution in [3.05, 3.63) is 54.0 Å². The minimum absolute atomic E-state index is 0.0404. The lowest BCUT2D eigenvalue weighted by atomic mass is 10.2. The average Bonchev–Trinajstić information content (AvgIpc) is 2.44. The second kappa shape index (κ2) is 6.70. The molecule has 0 fully saturated rings. The predicted molar refractivity (Wildman–Crippen MR) is 70.5 cm³/mol. The summed E-state index contributed by atoms with van der Waals surface area (Å²) >= 11 is 0. The van der Waals surface area contributed by atoms with Crippen molar-refractivity contribution in [2.24, 2.45) is 0 Å². The Balaban J connectivity index is 1.89. The van der Waals surface area contributed by atoms with Gasteiger partial charge in [0.05, 0.1) is 18.5 Å². The van der Waals surface area contributed by atoms with Gasteiger partial charge in [-0.05, 0) is 23.8 Å². The van der Waals surface area contributed by atoms with Gasteiger partial charge in [0.2, 0.25) is 5.88 Å². The van der Waals surface area contributed by atoms with Crippen molar-refractivity contribution in [2.45, 2.75) is 6.54 Å². The summed E-state index contributed by atoms with van der Waals surface area (Å²) in [6, 6.07) is 9.96. The maximum Gasteiger partial charge on any atom is 0.213 e. The number of nitrogens with zero attached hydrogens (tertiary/aromatic N) is 1. The van der Waals surface area contributed by atoms with Gasteiger partial charge in [0.25, 0.3) is 0 Å². The normalized spacial score (nSPS) is 10.2. The number of aromatic nitrogens is 1. The molecule has 0 saturated carbocycles. The number of halogens is 1. The molecule has 100 valence electrons. The van der Waals surface area contributed by atoms with Gasteiger partial charge in [-0.1, -0.05) is 12.1 Å². The molecule has 1 heterocycles. The van der Waals surface area contributed by atoms with Gasteiger partial charge in [-0.2, -0.15) is 0 Å². The molecule has 0 aliphatic rings. The quantitative estimate of drug-likeness (QED) is 0.838. The summed E-state index contributed by atoms with van der Waals surface area (Å²) < 4.78 is 18.1. The van der Waals surface area contributed by atoms with Crippen LogP contribution in [0.1, 0.15) is 5.56 Å². The van der Waals surface area contributed by atoms with Crippen LogP contribution in [0.4, 0.5) is 10.1 Å². The van der Waals surface area contributed by atoms with E-state index >= 15 is 0 Å². The Morgan fingerprint density at radius 2 is 2.16 bits per heavy atom. The maximum atomic E-state index is 13.0. The first-order chi connectivity index (χ1) is 9.28. The molecule has 0 radical (unpaired) electrons. The smallest absolute Gasteiger partial charge is 0.213 e. The van der Waals surface area contributed by atoms with Crippen LogP contribution in [-0.4, -0.2) is 23.3 Å². The van der Waals surface area contributed by atoms with E-state index in [0.29, 0.717) is 12.4 Å². The molecule has 0 saturated heterocycles. The molecule has 2 aromatic rings. The molecular weight excluding hydrogens is 247 g/mol.